The Morgan fingerprint density at radius 2 is 2.21 bits per heavy atom. The Labute approximate surface area is 120 Å². The van der Waals surface area contributed by atoms with Crippen molar-refractivity contribution in [3.8, 4) is 0 Å². The highest BCUT2D eigenvalue weighted by atomic mass is 35.5. The molecule has 0 aliphatic carbocycles. The van der Waals surface area contributed by atoms with Crippen molar-refractivity contribution in [1.29, 1.82) is 0 Å². The first-order valence-electron chi connectivity index (χ1n) is 5.81. The molecule has 0 unspecified atom stereocenters. The van der Waals surface area contributed by atoms with Crippen LogP contribution in [-0.2, 0) is 6.54 Å². The number of nitrogens with zero attached hydrogens (tertiary/aromatic N) is 3. The molecule has 0 radical (unpaired) electrons. The van der Waals surface area contributed by atoms with Gasteiger partial charge in [-0.25, -0.2) is 9.97 Å². The molecule has 6 heteroatoms. The van der Waals surface area contributed by atoms with Crippen LogP contribution in [0.1, 0.15) is 11.5 Å². The normalized spacial score (nSPS) is 11.1. The Balaban J connectivity index is 2.15. The summed E-state index contributed by atoms with van der Waals surface area (Å²) in [5, 5.41) is 0.677. The van der Waals surface area contributed by atoms with E-state index < -0.39 is 0 Å². The lowest BCUT2D eigenvalue weighted by molar-refractivity contribution is 0.773. The lowest BCUT2D eigenvalue weighted by Crippen LogP contribution is -2.03. The number of benzene rings is 1. The van der Waals surface area contributed by atoms with Gasteiger partial charge in [-0.2, -0.15) is 0 Å². The largest absolute Gasteiger partial charge is 0.331 e. The second kappa shape index (κ2) is 4.75. The van der Waals surface area contributed by atoms with Gasteiger partial charge >= 0.3 is 0 Å². The number of nitrogens with one attached hydrogen (secondary N) is 1. The summed E-state index contributed by atoms with van der Waals surface area (Å²) in [7, 11) is 0. The molecular formula is C13H11ClN4S. The van der Waals surface area contributed by atoms with E-state index in [4.69, 9.17) is 23.8 Å². The van der Waals surface area contributed by atoms with Crippen molar-refractivity contribution < 1.29 is 0 Å². The summed E-state index contributed by atoms with van der Waals surface area (Å²) in [5.74, 6) is 0.745. The summed E-state index contributed by atoms with van der Waals surface area (Å²) in [4.78, 5) is 11.6. The molecule has 2 aromatic heterocycles. The zero-order chi connectivity index (χ0) is 13.4. The SMILES string of the molecule is Cc1nccc(Cn2c(=S)[nH]c3cccc(Cl)c32)n1. The number of halogens is 1. The fourth-order valence-corrected chi connectivity index (χ4v) is 2.62. The number of hydrogen-bond donors (Lipinski definition) is 1. The molecule has 0 bridgehead atoms. The van der Waals surface area contributed by atoms with E-state index in [0.29, 0.717) is 16.3 Å². The summed E-state index contributed by atoms with van der Waals surface area (Å²) in [5.41, 5.74) is 2.75. The lowest BCUT2D eigenvalue weighted by atomic mass is 10.3. The number of para-hydroxylation sites is 1. The third-order valence-corrected chi connectivity index (χ3v) is 3.52. The van der Waals surface area contributed by atoms with Gasteiger partial charge in [-0.1, -0.05) is 17.7 Å². The number of aromatic amines is 1. The van der Waals surface area contributed by atoms with Crippen molar-refractivity contribution in [1.82, 2.24) is 19.5 Å². The number of aryl methyl sites for hydroxylation is 1. The second-order valence-corrected chi connectivity index (χ2v) is 5.04. The Hall–Kier alpha value is -1.72. The maximum Gasteiger partial charge on any atom is 0.178 e. The summed E-state index contributed by atoms with van der Waals surface area (Å²) in [6.07, 6.45) is 1.75. The van der Waals surface area contributed by atoms with E-state index in [2.05, 4.69) is 15.0 Å². The van der Waals surface area contributed by atoms with Crippen LogP contribution in [0.2, 0.25) is 5.02 Å². The maximum absolute atomic E-state index is 6.25. The zero-order valence-electron chi connectivity index (χ0n) is 10.2. The van der Waals surface area contributed by atoms with Crippen LogP contribution in [0, 0.1) is 11.7 Å². The van der Waals surface area contributed by atoms with Crippen LogP contribution in [0.5, 0.6) is 0 Å². The van der Waals surface area contributed by atoms with Crippen LogP contribution in [0.25, 0.3) is 11.0 Å². The fraction of sp³-hybridized carbons (Fsp3) is 0.154. The topological polar surface area (TPSA) is 46.5 Å². The summed E-state index contributed by atoms with van der Waals surface area (Å²) in [6, 6.07) is 7.59. The van der Waals surface area contributed by atoms with Gasteiger partial charge in [0, 0.05) is 6.20 Å². The quantitative estimate of drug-likeness (QED) is 0.735. The molecule has 0 fully saturated rings. The number of rotatable bonds is 2. The van der Waals surface area contributed by atoms with E-state index in [9.17, 15) is 0 Å². The first-order chi connectivity index (χ1) is 9.15. The van der Waals surface area contributed by atoms with E-state index in [0.717, 1.165) is 22.6 Å². The molecule has 0 aliphatic heterocycles. The third-order valence-electron chi connectivity index (χ3n) is 2.90. The molecule has 3 aromatic rings. The third kappa shape index (κ3) is 2.27. The van der Waals surface area contributed by atoms with Crippen molar-refractivity contribution >= 4 is 34.9 Å². The number of aromatic nitrogens is 4. The van der Waals surface area contributed by atoms with Gasteiger partial charge in [0.15, 0.2) is 4.77 Å². The minimum absolute atomic E-state index is 0.575. The van der Waals surface area contributed by atoms with Crippen molar-refractivity contribution in [3.63, 3.8) is 0 Å². The van der Waals surface area contributed by atoms with Gasteiger partial charge in [-0.3, -0.25) is 0 Å². The molecule has 0 saturated carbocycles. The molecule has 2 heterocycles. The second-order valence-electron chi connectivity index (χ2n) is 4.25. The number of H-pyrrole nitrogens is 1. The Morgan fingerprint density at radius 3 is 3.00 bits per heavy atom. The van der Waals surface area contributed by atoms with E-state index in [1.165, 1.54) is 0 Å². The Kier molecular flexibility index (Phi) is 3.08. The highest BCUT2D eigenvalue weighted by molar-refractivity contribution is 7.71. The predicted molar refractivity (Wildman–Crippen MR) is 78.0 cm³/mol. The molecule has 0 saturated heterocycles. The van der Waals surface area contributed by atoms with Crippen LogP contribution in [0.4, 0.5) is 0 Å². The van der Waals surface area contributed by atoms with E-state index in [-0.39, 0.29) is 0 Å². The van der Waals surface area contributed by atoms with E-state index in [1.807, 2.05) is 35.8 Å². The minimum atomic E-state index is 0.575. The molecule has 19 heavy (non-hydrogen) atoms. The van der Waals surface area contributed by atoms with Crippen LogP contribution >= 0.6 is 23.8 Å². The average Bonchev–Trinajstić information content (AvgIpc) is 2.67. The molecule has 96 valence electrons. The summed E-state index contributed by atoms with van der Waals surface area (Å²) < 4.78 is 2.59. The van der Waals surface area contributed by atoms with Crippen LogP contribution < -0.4 is 0 Å². The molecule has 0 atom stereocenters. The first-order valence-corrected chi connectivity index (χ1v) is 6.59. The number of hydrogen-bond acceptors (Lipinski definition) is 3. The van der Waals surface area contributed by atoms with Crippen LogP contribution in [-0.4, -0.2) is 19.5 Å². The van der Waals surface area contributed by atoms with Gasteiger partial charge in [-0.15, -0.1) is 0 Å². The molecule has 0 amide bonds. The summed E-state index contributed by atoms with van der Waals surface area (Å²) >= 11 is 11.6. The molecule has 0 aliphatic rings. The summed E-state index contributed by atoms with van der Waals surface area (Å²) in [6.45, 7) is 2.44. The number of fused-ring (bicyclic) bond motifs is 1. The van der Waals surface area contributed by atoms with Gasteiger partial charge in [0.05, 0.1) is 28.3 Å². The Morgan fingerprint density at radius 1 is 1.37 bits per heavy atom. The molecule has 3 rings (SSSR count). The molecule has 4 nitrogen and oxygen atoms in total. The van der Waals surface area contributed by atoms with Gasteiger partial charge in [0.1, 0.15) is 5.82 Å². The van der Waals surface area contributed by atoms with Gasteiger partial charge in [0.2, 0.25) is 0 Å². The highest BCUT2D eigenvalue weighted by Crippen LogP contribution is 2.23. The molecule has 1 N–H and O–H groups in total. The highest BCUT2D eigenvalue weighted by Gasteiger charge is 2.09. The van der Waals surface area contributed by atoms with Crippen molar-refractivity contribution in [2.75, 3.05) is 0 Å². The average molecular weight is 291 g/mol. The Bertz CT molecular complexity index is 806. The number of imidazole rings is 1. The van der Waals surface area contributed by atoms with Crippen LogP contribution in [0.15, 0.2) is 30.5 Å². The minimum Gasteiger partial charge on any atom is -0.331 e. The van der Waals surface area contributed by atoms with Crippen LogP contribution in [0.3, 0.4) is 0 Å². The maximum atomic E-state index is 6.25. The predicted octanol–water partition coefficient (Wildman–Crippen LogP) is 3.50. The smallest absolute Gasteiger partial charge is 0.178 e. The van der Waals surface area contributed by atoms with Gasteiger partial charge in [-0.05, 0) is 37.3 Å². The first kappa shape index (κ1) is 12.3. The van der Waals surface area contributed by atoms with Crippen molar-refractivity contribution in [2.45, 2.75) is 13.5 Å². The lowest BCUT2D eigenvalue weighted by Gasteiger charge is -2.05. The van der Waals surface area contributed by atoms with E-state index in [1.54, 1.807) is 6.20 Å². The standard InChI is InChI=1S/C13H11ClN4S/c1-8-15-6-5-9(16-8)7-18-12-10(14)3-2-4-11(12)17-13(18)19/h2-6H,7H2,1H3,(H,17,19). The van der Waals surface area contributed by atoms with Gasteiger partial charge < -0.3 is 9.55 Å². The van der Waals surface area contributed by atoms with E-state index >= 15 is 0 Å². The van der Waals surface area contributed by atoms with Gasteiger partial charge in [0.25, 0.3) is 0 Å². The molecular weight excluding hydrogens is 280 g/mol. The van der Waals surface area contributed by atoms with Crippen molar-refractivity contribution in [2.24, 2.45) is 0 Å². The van der Waals surface area contributed by atoms with Crippen molar-refractivity contribution in [3.05, 3.63) is 51.8 Å². The molecule has 1 aromatic carbocycles. The fourth-order valence-electron chi connectivity index (χ4n) is 2.08. The zero-order valence-corrected chi connectivity index (χ0v) is 11.8. The monoisotopic (exact) mass is 290 g/mol. The molecule has 0 spiro atoms.